The van der Waals surface area contributed by atoms with Crippen molar-refractivity contribution in [2.75, 3.05) is 0 Å². The maximum Gasteiger partial charge on any atom is 0.273 e. The number of benzene rings is 2. The van der Waals surface area contributed by atoms with Gasteiger partial charge in [-0.05, 0) is 38.0 Å². The van der Waals surface area contributed by atoms with Crippen LogP contribution in [0, 0.1) is 30.9 Å². The normalized spacial score (nSPS) is 11.3. The lowest BCUT2D eigenvalue weighted by Crippen LogP contribution is -2.31. The number of sulfonamides is 1. The zero-order valence-corrected chi connectivity index (χ0v) is 17.4. The Bertz CT molecular complexity index is 1230. The maximum absolute atomic E-state index is 12.7. The van der Waals surface area contributed by atoms with Gasteiger partial charge in [0.2, 0.25) is 0 Å². The molecule has 1 heterocycles. The molecule has 0 fully saturated rings. The smallest absolute Gasteiger partial charge is 0.268 e. The van der Waals surface area contributed by atoms with Crippen LogP contribution in [0.5, 0.6) is 0 Å². The van der Waals surface area contributed by atoms with E-state index in [1.54, 1.807) is 18.5 Å². The van der Waals surface area contributed by atoms with Gasteiger partial charge in [-0.25, -0.2) is 13.1 Å². The van der Waals surface area contributed by atoms with Crippen molar-refractivity contribution in [1.29, 1.82) is 0 Å². The Morgan fingerprint density at radius 1 is 1.17 bits per heavy atom. The van der Waals surface area contributed by atoms with Gasteiger partial charge >= 0.3 is 0 Å². The number of nitro groups is 1. The first-order valence-electron chi connectivity index (χ1n) is 8.99. The summed E-state index contributed by atoms with van der Waals surface area (Å²) in [5.41, 5.74) is 2.05. The topological polar surface area (TPSA) is 124 Å². The second-order valence-electron chi connectivity index (χ2n) is 6.86. The number of rotatable bonds is 6. The van der Waals surface area contributed by atoms with Crippen LogP contribution in [0.3, 0.4) is 0 Å². The van der Waals surface area contributed by atoms with Gasteiger partial charge in [-0.15, -0.1) is 0 Å². The van der Waals surface area contributed by atoms with E-state index in [0.717, 1.165) is 11.6 Å². The highest BCUT2D eigenvalue weighted by molar-refractivity contribution is 7.90. The molecule has 1 N–H and O–H groups in total. The highest BCUT2D eigenvalue weighted by Crippen LogP contribution is 2.26. The fourth-order valence-corrected chi connectivity index (χ4v) is 4.04. The minimum Gasteiger partial charge on any atom is -0.268 e. The zero-order valence-electron chi connectivity index (χ0n) is 16.6. The summed E-state index contributed by atoms with van der Waals surface area (Å²) in [6.07, 6.45) is 1.30. The summed E-state index contributed by atoms with van der Waals surface area (Å²) in [7, 11) is -4.31. The number of hydrogen-bond acceptors (Lipinski definition) is 6. The molecule has 30 heavy (non-hydrogen) atoms. The molecule has 0 atom stereocenters. The molecule has 1 amide bonds. The maximum atomic E-state index is 12.7. The number of carbonyl (C=O) groups is 1. The molecule has 0 spiro atoms. The van der Waals surface area contributed by atoms with Gasteiger partial charge in [-0.1, -0.05) is 30.3 Å². The van der Waals surface area contributed by atoms with E-state index in [4.69, 9.17) is 0 Å². The van der Waals surface area contributed by atoms with E-state index in [-0.39, 0.29) is 16.1 Å². The Labute approximate surface area is 173 Å². The molecule has 0 aliphatic rings. The monoisotopic (exact) mass is 428 g/mol. The standard InChI is InChI=1S/C20H20N4O5S/c1-13-9-17(10-19(14(13)2)24(26)27)30(28,29)22-20(25)18-11-21-23(15(18)3)12-16-7-5-4-6-8-16/h4-11H,12H2,1-3H3,(H,22,25). The van der Waals surface area contributed by atoms with Gasteiger partial charge in [0, 0.05) is 17.3 Å². The molecule has 0 saturated heterocycles. The number of aryl methyl sites for hydroxylation is 1. The first-order chi connectivity index (χ1) is 14.1. The van der Waals surface area contributed by atoms with E-state index >= 15 is 0 Å². The van der Waals surface area contributed by atoms with E-state index < -0.39 is 20.9 Å². The third-order valence-corrected chi connectivity index (χ3v) is 6.18. The molecular formula is C20H20N4O5S. The van der Waals surface area contributed by atoms with Gasteiger partial charge in [0.05, 0.1) is 28.1 Å². The second-order valence-corrected chi connectivity index (χ2v) is 8.55. The average Bonchev–Trinajstić information content (AvgIpc) is 3.04. The lowest BCUT2D eigenvalue weighted by atomic mass is 10.1. The van der Waals surface area contributed by atoms with Gasteiger partial charge in [-0.3, -0.25) is 19.6 Å². The van der Waals surface area contributed by atoms with E-state index in [1.165, 1.54) is 19.2 Å². The molecular weight excluding hydrogens is 408 g/mol. The van der Waals surface area contributed by atoms with Crippen LogP contribution >= 0.6 is 0 Å². The highest BCUT2D eigenvalue weighted by Gasteiger charge is 2.25. The Morgan fingerprint density at radius 2 is 1.83 bits per heavy atom. The minimum atomic E-state index is -4.31. The number of hydrogen-bond donors (Lipinski definition) is 1. The van der Waals surface area contributed by atoms with Crippen molar-refractivity contribution in [3.05, 3.63) is 86.7 Å². The van der Waals surface area contributed by atoms with Gasteiger partial charge in [0.1, 0.15) is 0 Å². The molecule has 3 rings (SSSR count). The number of nitro benzene ring substituents is 1. The van der Waals surface area contributed by atoms with Crippen molar-refractivity contribution in [3.63, 3.8) is 0 Å². The summed E-state index contributed by atoms with van der Waals surface area (Å²) in [4.78, 5) is 22.8. The van der Waals surface area contributed by atoms with E-state index in [9.17, 15) is 23.3 Å². The van der Waals surface area contributed by atoms with Crippen LogP contribution in [0.4, 0.5) is 5.69 Å². The summed E-state index contributed by atoms with van der Waals surface area (Å²) in [6.45, 7) is 5.20. The molecule has 0 bridgehead atoms. The number of aromatic nitrogens is 2. The minimum absolute atomic E-state index is 0.104. The average molecular weight is 428 g/mol. The van der Waals surface area contributed by atoms with Crippen LogP contribution in [-0.2, 0) is 16.6 Å². The molecule has 0 aliphatic carbocycles. The number of nitrogens with zero attached hydrogens (tertiary/aromatic N) is 3. The van der Waals surface area contributed by atoms with Crippen LogP contribution in [0.25, 0.3) is 0 Å². The first kappa shape index (κ1) is 21.2. The fourth-order valence-electron chi connectivity index (χ4n) is 2.97. The van der Waals surface area contributed by atoms with Crippen LogP contribution < -0.4 is 4.72 Å². The molecule has 0 aliphatic heterocycles. The molecule has 0 saturated carbocycles. The summed E-state index contributed by atoms with van der Waals surface area (Å²) in [5.74, 6) is -0.854. The predicted octanol–water partition coefficient (Wildman–Crippen LogP) is 2.88. The predicted molar refractivity (Wildman–Crippen MR) is 110 cm³/mol. The number of nitrogens with one attached hydrogen (secondary N) is 1. The SMILES string of the molecule is Cc1cc(S(=O)(=O)NC(=O)c2cnn(Cc3ccccc3)c2C)cc([N+](=O)[O-])c1C. The van der Waals surface area contributed by atoms with E-state index in [1.807, 2.05) is 35.1 Å². The lowest BCUT2D eigenvalue weighted by Gasteiger charge is -2.10. The van der Waals surface area contributed by atoms with Crippen LogP contribution in [-0.4, -0.2) is 29.0 Å². The molecule has 10 heteroatoms. The third-order valence-electron chi connectivity index (χ3n) is 4.87. The largest absolute Gasteiger partial charge is 0.273 e. The van der Waals surface area contributed by atoms with Crippen LogP contribution in [0.15, 0.2) is 53.6 Å². The van der Waals surface area contributed by atoms with Crippen molar-refractivity contribution in [3.8, 4) is 0 Å². The zero-order chi connectivity index (χ0) is 22.1. The Morgan fingerprint density at radius 3 is 2.47 bits per heavy atom. The Hall–Kier alpha value is -3.53. The molecule has 9 nitrogen and oxygen atoms in total. The summed E-state index contributed by atoms with van der Waals surface area (Å²) < 4.78 is 28.9. The Balaban J connectivity index is 1.86. The van der Waals surface area contributed by atoms with Crippen molar-refractivity contribution in [1.82, 2.24) is 14.5 Å². The number of amides is 1. The van der Waals surface area contributed by atoms with Crippen molar-refractivity contribution < 1.29 is 18.1 Å². The quantitative estimate of drug-likeness (QED) is 0.475. The van der Waals surface area contributed by atoms with E-state index in [2.05, 4.69) is 5.10 Å². The molecule has 3 aromatic rings. The number of carbonyl (C=O) groups excluding carboxylic acids is 1. The lowest BCUT2D eigenvalue weighted by molar-refractivity contribution is -0.385. The summed E-state index contributed by atoms with van der Waals surface area (Å²) in [6, 6.07) is 11.7. The van der Waals surface area contributed by atoms with Gasteiger partial charge < -0.3 is 0 Å². The molecule has 1 aromatic heterocycles. The molecule has 2 aromatic carbocycles. The van der Waals surface area contributed by atoms with Crippen LogP contribution in [0.1, 0.15) is 32.7 Å². The van der Waals surface area contributed by atoms with Crippen LogP contribution in [0.2, 0.25) is 0 Å². The molecule has 156 valence electrons. The first-order valence-corrected chi connectivity index (χ1v) is 10.5. The molecule has 0 unspecified atom stereocenters. The van der Waals surface area contributed by atoms with Crippen molar-refractivity contribution >= 4 is 21.6 Å². The summed E-state index contributed by atoms with van der Waals surface area (Å²) in [5, 5.41) is 15.4. The highest BCUT2D eigenvalue weighted by atomic mass is 32.2. The van der Waals surface area contributed by atoms with Gasteiger partial charge in [-0.2, -0.15) is 5.10 Å². The van der Waals surface area contributed by atoms with Gasteiger partial charge in [0.15, 0.2) is 0 Å². The second kappa shape index (κ2) is 8.07. The van der Waals surface area contributed by atoms with E-state index in [0.29, 0.717) is 23.4 Å². The van der Waals surface area contributed by atoms with Crippen molar-refractivity contribution in [2.24, 2.45) is 0 Å². The fraction of sp³-hybridized carbons (Fsp3) is 0.200. The Kier molecular flexibility index (Phi) is 5.70. The summed E-state index contributed by atoms with van der Waals surface area (Å²) >= 11 is 0. The van der Waals surface area contributed by atoms with Gasteiger partial charge in [0.25, 0.3) is 21.6 Å². The van der Waals surface area contributed by atoms with Crippen molar-refractivity contribution in [2.45, 2.75) is 32.2 Å². The third kappa shape index (κ3) is 4.23. The molecule has 0 radical (unpaired) electrons.